The molecule has 3 N–H and O–H groups in total. The summed E-state index contributed by atoms with van der Waals surface area (Å²) < 4.78 is 5.27. The molecule has 21 heavy (non-hydrogen) atoms. The number of nitro benzene ring substituents is 1. The first-order valence-electron chi connectivity index (χ1n) is 6.44. The Morgan fingerprint density at radius 1 is 1.62 bits per heavy atom. The van der Waals surface area contributed by atoms with E-state index in [2.05, 4.69) is 5.32 Å². The van der Waals surface area contributed by atoms with Crippen molar-refractivity contribution in [3.63, 3.8) is 0 Å². The topological polar surface area (TPSA) is 122 Å². The summed E-state index contributed by atoms with van der Waals surface area (Å²) in [4.78, 5) is 21.5. The second-order valence-corrected chi connectivity index (χ2v) is 4.98. The molecule has 1 aliphatic rings. The van der Waals surface area contributed by atoms with Crippen molar-refractivity contribution in [2.45, 2.75) is 25.0 Å². The van der Waals surface area contributed by atoms with Crippen molar-refractivity contribution >= 4 is 17.3 Å². The van der Waals surface area contributed by atoms with Crippen molar-refractivity contribution in [1.82, 2.24) is 0 Å². The van der Waals surface area contributed by atoms with Gasteiger partial charge in [-0.15, -0.1) is 0 Å². The van der Waals surface area contributed by atoms with Gasteiger partial charge in [0.1, 0.15) is 11.3 Å². The number of aliphatic hydroxyl groups is 1. The predicted molar refractivity (Wildman–Crippen MR) is 73.5 cm³/mol. The Bertz CT molecular complexity index is 544. The van der Waals surface area contributed by atoms with Crippen LogP contribution >= 0.6 is 0 Å². The van der Waals surface area contributed by atoms with Gasteiger partial charge in [0.15, 0.2) is 0 Å². The Morgan fingerprint density at radius 3 is 2.86 bits per heavy atom. The molecular formula is C13H16N2O6. The molecule has 8 heteroatoms. The Labute approximate surface area is 120 Å². The number of carboxylic acid groups (broad SMARTS) is 1. The highest BCUT2D eigenvalue weighted by Gasteiger charge is 2.40. The molecule has 1 saturated heterocycles. The molecule has 1 aliphatic heterocycles. The van der Waals surface area contributed by atoms with E-state index < -0.39 is 22.6 Å². The zero-order valence-corrected chi connectivity index (χ0v) is 11.4. The summed E-state index contributed by atoms with van der Waals surface area (Å²) >= 11 is 0. The first-order valence-corrected chi connectivity index (χ1v) is 6.44. The van der Waals surface area contributed by atoms with Gasteiger partial charge in [0.25, 0.3) is 5.69 Å². The van der Waals surface area contributed by atoms with E-state index in [1.807, 2.05) is 0 Å². The van der Waals surface area contributed by atoms with Crippen molar-refractivity contribution in [3.8, 4) is 0 Å². The summed E-state index contributed by atoms with van der Waals surface area (Å²) in [6.07, 6.45) is -0.0504. The van der Waals surface area contributed by atoms with Crippen LogP contribution in [0, 0.1) is 10.1 Å². The van der Waals surface area contributed by atoms with E-state index in [4.69, 9.17) is 9.84 Å². The molecule has 0 amide bonds. The van der Waals surface area contributed by atoms with Crippen LogP contribution in [0.4, 0.5) is 11.4 Å². The molecule has 0 spiro atoms. The third-order valence-electron chi connectivity index (χ3n) is 3.70. The van der Waals surface area contributed by atoms with Crippen LogP contribution in [0.1, 0.15) is 23.7 Å². The molecule has 0 aliphatic carbocycles. The molecular weight excluding hydrogens is 280 g/mol. The summed E-state index contributed by atoms with van der Waals surface area (Å²) in [5, 5.41) is 33.2. The molecule has 0 aromatic heterocycles. The van der Waals surface area contributed by atoms with Gasteiger partial charge in [-0.3, -0.25) is 10.1 Å². The number of para-hydroxylation sites is 1. The third kappa shape index (κ3) is 2.96. The lowest BCUT2D eigenvalue weighted by molar-refractivity contribution is -0.384. The number of hydrogen-bond donors (Lipinski definition) is 3. The van der Waals surface area contributed by atoms with Crippen LogP contribution in [-0.2, 0) is 4.74 Å². The fraction of sp³-hybridized carbons (Fsp3) is 0.462. The molecule has 1 aromatic carbocycles. The lowest BCUT2D eigenvalue weighted by atomic mass is 9.96. The molecule has 0 saturated carbocycles. The quantitative estimate of drug-likeness (QED) is 0.552. The van der Waals surface area contributed by atoms with Crippen LogP contribution in [0.5, 0.6) is 0 Å². The molecule has 0 bridgehead atoms. The summed E-state index contributed by atoms with van der Waals surface area (Å²) in [7, 11) is 0. The monoisotopic (exact) mass is 296 g/mol. The highest BCUT2D eigenvalue weighted by atomic mass is 16.6. The smallest absolute Gasteiger partial charge is 0.338 e. The van der Waals surface area contributed by atoms with Gasteiger partial charge in [-0.2, -0.15) is 0 Å². The molecule has 1 aromatic rings. The van der Waals surface area contributed by atoms with Gasteiger partial charge in [0.05, 0.1) is 16.6 Å². The van der Waals surface area contributed by atoms with E-state index in [1.165, 1.54) is 18.2 Å². The molecule has 2 rings (SSSR count). The SMILES string of the molecule is CC1OCCC1(O)CNc1c(C(=O)O)cccc1[N+](=O)[O-]. The number of hydrogen-bond acceptors (Lipinski definition) is 6. The fourth-order valence-electron chi connectivity index (χ4n) is 2.30. The van der Waals surface area contributed by atoms with Gasteiger partial charge in [0, 0.05) is 25.6 Å². The minimum absolute atomic E-state index is 0.0285. The zero-order chi connectivity index (χ0) is 15.6. The van der Waals surface area contributed by atoms with E-state index in [9.17, 15) is 20.0 Å². The van der Waals surface area contributed by atoms with Crippen molar-refractivity contribution < 1.29 is 24.7 Å². The van der Waals surface area contributed by atoms with Crippen molar-refractivity contribution in [2.24, 2.45) is 0 Å². The second-order valence-electron chi connectivity index (χ2n) is 4.98. The minimum atomic E-state index is -1.27. The van der Waals surface area contributed by atoms with Crippen LogP contribution in [0.3, 0.4) is 0 Å². The molecule has 1 fully saturated rings. The van der Waals surface area contributed by atoms with Gasteiger partial charge < -0.3 is 20.3 Å². The molecule has 8 nitrogen and oxygen atoms in total. The van der Waals surface area contributed by atoms with Gasteiger partial charge >= 0.3 is 5.97 Å². The molecule has 1 heterocycles. The standard InChI is InChI=1S/C13H16N2O6/c1-8-13(18,5-6-21-8)7-14-11-9(12(16)17)3-2-4-10(11)15(19)20/h2-4,8,14,18H,5-7H2,1H3,(H,16,17). The van der Waals surface area contributed by atoms with E-state index in [0.29, 0.717) is 13.0 Å². The van der Waals surface area contributed by atoms with Crippen molar-refractivity contribution in [2.75, 3.05) is 18.5 Å². The number of anilines is 1. The Morgan fingerprint density at radius 2 is 2.33 bits per heavy atom. The zero-order valence-electron chi connectivity index (χ0n) is 11.4. The first-order chi connectivity index (χ1) is 9.85. The maximum atomic E-state index is 11.2. The number of nitro groups is 1. The van der Waals surface area contributed by atoms with E-state index in [-0.39, 0.29) is 23.5 Å². The lowest BCUT2D eigenvalue weighted by Crippen LogP contribution is -2.43. The lowest BCUT2D eigenvalue weighted by Gasteiger charge is -2.26. The van der Waals surface area contributed by atoms with Crippen LogP contribution in [0.25, 0.3) is 0 Å². The van der Waals surface area contributed by atoms with Crippen LogP contribution in [0.2, 0.25) is 0 Å². The third-order valence-corrected chi connectivity index (χ3v) is 3.70. The number of carbonyl (C=O) groups is 1. The van der Waals surface area contributed by atoms with Crippen LogP contribution in [0.15, 0.2) is 18.2 Å². The Hall–Kier alpha value is -2.19. The number of benzene rings is 1. The second kappa shape index (κ2) is 5.66. The number of nitrogens with one attached hydrogen (secondary N) is 1. The number of ether oxygens (including phenoxy) is 1. The number of carboxylic acids is 1. The van der Waals surface area contributed by atoms with E-state index >= 15 is 0 Å². The van der Waals surface area contributed by atoms with Gasteiger partial charge in [0.2, 0.25) is 0 Å². The van der Waals surface area contributed by atoms with Crippen molar-refractivity contribution in [3.05, 3.63) is 33.9 Å². The normalized spacial score (nSPS) is 24.8. The van der Waals surface area contributed by atoms with Gasteiger partial charge in [-0.1, -0.05) is 6.07 Å². The maximum absolute atomic E-state index is 11.2. The van der Waals surface area contributed by atoms with Crippen LogP contribution in [-0.4, -0.2) is 46.0 Å². The number of nitrogens with zero attached hydrogens (tertiary/aromatic N) is 1. The Kier molecular flexibility index (Phi) is 4.10. The highest BCUT2D eigenvalue weighted by Crippen LogP contribution is 2.31. The highest BCUT2D eigenvalue weighted by molar-refractivity contribution is 5.96. The van der Waals surface area contributed by atoms with Crippen LogP contribution < -0.4 is 5.32 Å². The van der Waals surface area contributed by atoms with E-state index in [1.54, 1.807) is 6.92 Å². The number of aromatic carboxylic acids is 1. The first kappa shape index (κ1) is 15.2. The largest absolute Gasteiger partial charge is 0.478 e. The van der Waals surface area contributed by atoms with Gasteiger partial charge in [-0.05, 0) is 13.0 Å². The Balaban J connectivity index is 2.30. The van der Waals surface area contributed by atoms with Gasteiger partial charge in [-0.25, -0.2) is 4.79 Å². The number of rotatable bonds is 5. The summed E-state index contributed by atoms with van der Waals surface area (Å²) in [5.74, 6) is -1.27. The maximum Gasteiger partial charge on any atom is 0.338 e. The molecule has 2 atom stereocenters. The summed E-state index contributed by atoms with van der Waals surface area (Å²) in [5.41, 5.74) is -1.84. The molecule has 2 unspecified atom stereocenters. The molecule has 0 radical (unpaired) electrons. The predicted octanol–water partition coefficient (Wildman–Crippen LogP) is 1.24. The fourth-order valence-corrected chi connectivity index (χ4v) is 2.30. The molecule has 114 valence electrons. The minimum Gasteiger partial charge on any atom is -0.478 e. The van der Waals surface area contributed by atoms with Crippen molar-refractivity contribution in [1.29, 1.82) is 0 Å². The average Bonchev–Trinajstić information content (AvgIpc) is 2.76. The summed E-state index contributed by atoms with van der Waals surface area (Å²) in [6, 6.07) is 3.80. The average molecular weight is 296 g/mol. The van der Waals surface area contributed by atoms with E-state index in [0.717, 1.165) is 0 Å². The summed E-state index contributed by atoms with van der Waals surface area (Å²) in [6.45, 7) is 2.06.